The number of aromatic nitrogens is 1. The zero-order chi connectivity index (χ0) is 16.4. The predicted molar refractivity (Wildman–Crippen MR) is 92.9 cm³/mol. The number of hydrogen-bond donors (Lipinski definition) is 1. The van der Waals surface area contributed by atoms with Crippen LogP contribution in [0.25, 0.3) is 0 Å². The van der Waals surface area contributed by atoms with E-state index in [4.69, 9.17) is 0 Å². The zero-order valence-corrected chi connectivity index (χ0v) is 14.6. The Labute approximate surface area is 138 Å². The van der Waals surface area contributed by atoms with Crippen molar-refractivity contribution in [3.05, 3.63) is 58.9 Å². The van der Waals surface area contributed by atoms with Gasteiger partial charge in [0.15, 0.2) is 0 Å². The van der Waals surface area contributed by atoms with Crippen LogP contribution in [0, 0.1) is 13.8 Å². The Hall–Kier alpha value is -1.59. The summed E-state index contributed by atoms with van der Waals surface area (Å²) in [5.41, 5.74) is 4.54. The molecule has 1 aromatic carbocycles. The Morgan fingerprint density at radius 3 is 2.52 bits per heavy atom. The van der Waals surface area contributed by atoms with Gasteiger partial charge in [0.05, 0.1) is 5.75 Å². The van der Waals surface area contributed by atoms with Crippen LogP contribution in [0.4, 0.5) is 0 Å². The molecule has 1 fully saturated rings. The molecule has 23 heavy (non-hydrogen) atoms. The van der Waals surface area contributed by atoms with Crippen LogP contribution < -0.4 is 4.72 Å². The van der Waals surface area contributed by atoms with E-state index in [-0.39, 0.29) is 5.75 Å². The van der Waals surface area contributed by atoms with Crippen molar-refractivity contribution in [2.75, 3.05) is 5.75 Å². The van der Waals surface area contributed by atoms with Crippen LogP contribution in [-0.4, -0.2) is 18.7 Å². The molecule has 0 aliphatic heterocycles. The molecule has 1 aliphatic rings. The van der Waals surface area contributed by atoms with E-state index in [9.17, 15) is 8.42 Å². The summed E-state index contributed by atoms with van der Waals surface area (Å²) in [5.74, 6) is 0.123. The first kappa shape index (κ1) is 16.3. The second-order valence-corrected chi connectivity index (χ2v) is 8.30. The molecule has 0 atom stereocenters. The van der Waals surface area contributed by atoms with E-state index in [0.717, 1.165) is 11.1 Å². The first-order valence-electron chi connectivity index (χ1n) is 8.15. The van der Waals surface area contributed by atoms with Crippen molar-refractivity contribution in [2.45, 2.75) is 45.7 Å². The summed E-state index contributed by atoms with van der Waals surface area (Å²) < 4.78 is 29.5. The van der Waals surface area contributed by atoms with Gasteiger partial charge in [-0.05, 0) is 50.3 Å². The Balaban J connectivity index is 1.60. The van der Waals surface area contributed by atoms with Gasteiger partial charge in [-0.2, -0.15) is 0 Å². The molecule has 1 heterocycles. The molecule has 1 aromatic heterocycles. The molecule has 0 bridgehead atoms. The SMILES string of the molecule is Cc1cc(CNS(=O)(=O)CCc2ccccc2)c(C)n1C1CC1. The molecule has 1 saturated carbocycles. The quantitative estimate of drug-likeness (QED) is 0.847. The molecule has 3 rings (SSSR count). The van der Waals surface area contributed by atoms with Gasteiger partial charge in [0.2, 0.25) is 10.0 Å². The Morgan fingerprint density at radius 1 is 1.17 bits per heavy atom. The first-order valence-corrected chi connectivity index (χ1v) is 9.80. The van der Waals surface area contributed by atoms with Crippen LogP contribution in [0.3, 0.4) is 0 Å². The average Bonchev–Trinajstić information content (AvgIpc) is 3.31. The van der Waals surface area contributed by atoms with E-state index < -0.39 is 10.0 Å². The molecule has 1 aliphatic carbocycles. The van der Waals surface area contributed by atoms with E-state index in [1.165, 1.54) is 24.2 Å². The van der Waals surface area contributed by atoms with Crippen molar-refractivity contribution >= 4 is 10.0 Å². The van der Waals surface area contributed by atoms with Crippen LogP contribution in [-0.2, 0) is 23.0 Å². The van der Waals surface area contributed by atoms with E-state index in [1.54, 1.807) is 0 Å². The number of sulfonamides is 1. The Kier molecular flexibility index (Phi) is 4.60. The maximum atomic E-state index is 12.2. The van der Waals surface area contributed by atoms with Crippen LogP contribution in [0.15, 0.2) is 36.4 Å². The van der Waals surface area contributed by atoms with Gasteiger partial charge in [0.25, 0.3) is 0 Å². The van der Waals surface area contributed by atoms with Crippen molar-refractivity contribution in [3.63, 3.8) is 0 Å². The lowest BCUT2D eigenvalue weighted by Crippen LogP contribution is -2.27. The van der Waals surface area contributed by atoms with Crippen molar-refractivity contribution < 1.29 is 8.42 Å². The standard InChI is InChI=1S/C18H24N2O2S/c1-14-12-17(15(2)20(14)18-8-9-18)13-19-23(21,22)11-10-16-6-4-3-5-7-16/h3-7,12,18-19H,8-11,13H2,1-2H3. The highest BCUT2D eigenvalue weighted by atomic mass is 32.2. The minimum absolute atomic E-state index is 0.123. The number of nitrogens with zero attached hydrogens (tertiary/aromatic N) is 1. The maximum absolute atomic E-state index is 12.2. The Morgan fingerprint density at radius 2 is 1.87 bits per heavy atom. The fourth-order valence-corrected chi connectivity index (χ4v) is 4.10. The van der Waals surface area contributed by atoms with Crippen LogP contribution >= 0.6 is 0 Å². The summed E-state index contributed by atoms with van der Waals surface area (Å²) in [6.45, 7) is 4.56. The fraction of sp³-hybridized carbons (Fsp3) is 0.444. The van der Waals surface area contributed by atoms with Gasteiger partial charge in [-0.1, -0.05) is 30.3 Å². The lowest BCUT2D eigenvalue weighted by atomic mass is 10.2. The monoisotopic (exact) mass is 332 g/mol. The third kappa shape index (κ3) is 4.03. The first-order chi connectivity index (χ1) is 11.0. The largest absolute Gasteiger partial charge is 0.346 e. The molecule has 5 heteroatoms. The maximum Gasteiger partial charge on any atom is 0.212 e. The summed E-state index contributed by atoms with van der Waals surface area (Å²) >= 11 is 0. The topological polar surface area (TPSA) is 51.1 Å². The van der Waals surface area contributed by atoms with Gasteiger partial charge in [0.1, 0.15) is 0 Å². The number of benzene rings is 1. The molecule has 0 saturated heterocycles. The third-order valence-corrected chi connectivity index (χ3v) is 5.81. The molecule has 0 spiro atoms. The van der Waals surface area contributed by atoms with Crippen LogP contribution in [0.5, 0.6) is 0 Å². The second-order valence-electron chi connectivity index (χ2n) is 6.37. The summed E-state index contributed by atoms with van der Waals surface area (Å²) in [7, 11) is -3.26. The summed E-state index contributed by atoms with van der Waals surface area (Å²) in [6, 6.07) is 12.4. The molecule has 1 N–H and O–H groups in total. The number of aryl methyl sites for hydroxylation is 2. The van der Waals surface area contributed by atoms with E-state index >= 15 is 0 Å². The van der Waals surface area contributed by atoms with Crippen LogP contribution in [0.2, 0.25) is 0 Å². The molecule has 124 valence electrons. The minimum Gasteiger partial charge on any atom is -0.346 e. The summed E-state index contributed by atoms with van der Waals surface area (Å²) in [5, 5.41) is 0. The lowest BCUT2D eigenvalue weighted by molar-refractivity contribution is 0.580. The van der Waals surface area contributed by atoms with Gasteiger partial charge in [-0.15, -0.1) is 0 Å². The molecular weight excluding hydrogens is 308 g/mol. The van der Waals surface area contributed by atoms with E-state index in [0.29, 0.717) is 19.0 Å². The van der Waals surface area contributed by atoms with E-state index in [2.05, 4.69) is 29.2 Å². The average molecular weight is 332 g/mol. The van der Waals surface area contributed by atoms with E-state index in [1.807, 2.05) is 30.3 Å². The molecular formula is C18H24N2O2S. The highest BCUT2D eigenvalue weighted by molar-refractivity contribution is 7.89. The highest BCUT2D eigenvalue weighted by Gasteiger charge is 2.27. The molecule has 0 unspecified atom stereocenters. The number of nitrogens with one attached hydrogen (secondary N) is 1. The minimum atomic E-state index is -3.26. The predicted octanol–water partition coefficient (Wildman–Crippen LogP) is 3.10. The highest BCUT2D eigenvalue weighted by Crippen LogP contribution is 2.38. The van der Waals surface area contributed by atoms with Crippen molar-refractivity contribution in [1.82, 2.24) is 9.29 Å². The van der Waals surface area contributed by atoms with Gasteiger partial charge in [-0.25, -0.2) is 13.1 Å². The van der Waals surface area contributed by atoms with Crippen molar-refractivity contribution in [2.24, 2.45) is 0 Å². The van der Waals surface area contributed by atoms with Gasteiger partial charge < -0.3 is 4.57 Å². The number of rotatable bonds is 7. The van der Waals surface area contributed by atoms with Gasteiger partial charge in [-0.3, -0.25) is 0 Å². The number of hydrogen-bond acceptors (Lipinski definition) is 2. The molecule has 0 radical (unpaired) electrons. The Bertz CT molecular complexity index is 775. The third-order valence-electron chi connectivity index (χ3n) is 4.49. The van der Waals surface area contributed by atoms with Crippen LogP contribution in [0.1, 0.15) is 41.4 Å². The summed E-state index contributed by atoms with van der Waals surface area (Å²) in [6.07, 6.45) is 3.01. The lowest BCUT2D eigenvalue weighted by Gasteiger charge is -2.09. The molecule has 2 aromatic rings. The van der Waals surface area contributed by atoms with Crippen molar-refractivity contribution in [3.8, 4) is 0 Å². The molecule has 4 nitrogen and oxygen atoms in total. The zero-order valence-electron chi connectivity index (χ0n) is 13.7. The summed E-state index contributed by atoms with van der Waals surface area (Å²) in [4.78, 5) is 0. The smallest absolute Gasteiger partial charge is 0.212 e. The van der Waals surface area contributed by atoms with Gasteiger partial charge >= 0.3 is 0 Å². The second kappa shape index (κ2) is 6.49. The molecule has 0 amide bonds. The van der Waals surface area contributed by atoms with Crippen molar-refractivity contribution in [1.29, 1.82) is 0 Å². The normalized spacial score (nSPS) is 15.0. The fourth-order valence-electron chi connectivity index (χ4n) is 3.08. The van der Waals surface area contributed by atoms with Gasteiger partial charge in [0, 0.05) is 24.0 Å².